The maximum Gasteiger partial charge on any atom is 0.00833 e. The lowest BCUT2D eigenvalue weighted by Crippen LogP contribution is -1.99. The van der Waals surface area contributed by atoms with Gasteiger partial charge in [-0.05, 0) is 24.0 Å². The molecule has 0 aliphatic heterocycles. The normalized spacial score (nSPS) is 13.6. The van der Waals surface area contributed by atoms with Gasteiger partial charge < -0.3 is 0 Å². The molecule has 0 saturated carbocycles. The van der Waals surface area contributed by atoms with Crippen molar-refractivity contribution in [1.82, 2.24) is 0 Å². The Morgan fingerprint density at radius 3 is 2.40 bits per heavy atom. The van der Waals surface area contributed by atoms with E-state index in [4.69, 9.17) is 0 Å². The molecule has 0 saturated heterocycles. The van der Waals surface area contributed by atoms with Gasteiger partial charge in [0.1, 0.15) is 0 Å². The minimum atomic E-state index is 0.503. The standard InChI is InChI=1S/C15H20/c1-4-10-13(5-2)15(6-3)14-11-8-7-9-12-14/h5,7-12,15H,2,4,6H2,1,3H3/b13-10+. The summed E-state index contributed by atoms with van der Waals surface area (Å²) in [6.45, 7) is 8.30. The molecule has 0 amide bonds. The molecule has 0 heteroatoms. The van der Waals surface area contributed by atoms with Crippen molar-refractivity contribution in [3.63, 3.8) is 0 Å². The van der Waals surface area contributed by atoms with E-state index in [0.29, 0.717) is 5.92 Å². The zero-order valence-electron chi connectivity index (χ0n) is 9.74. The molecule has 15 heavy (non-hydrogen) atoms. The molecule has 0 aliphatic rings. The third kappa shape index (κ3) is 3.09. The van der Waals surface area contributed by atoms with Crippen LogP contribution in [-0.2, 0) is 0 Å². The second-order valence-electron chi connectivity index (χ2n) is 3.69. The second kappa shape index (κ2) is 6.23. The summed E-state index contributed by atoms with van der Waals surface area (Å²) in [6.07, 6.45) is 6.46. The van der Waals surface area contributed by atoms with Crippen molar-refractivity contribution in [2.24, 2.45) is 0 Å². The number of allylic oxidation sites excluding steroid dienone is 3. The third-order valence-electron chi connectivity index (χ3n) is 2.69. The minimum absolute atomic E-state index is 0.503. The molecule has 0 fully saturated rings. The second-order valence-corrected chi connectivity index (χ2v) is 3.69. The molecule has 0 radical (unpaired) electrons. The lowest BCUT2D eigenvalue weighted by molar-refractivity contribution is 0.772. The summed E-state index contributed by atoms with van der Waals surface area (Å²) in [5.41, 5.74) is 2.74. The van der Waals surface area contributed by atoms with Crippen LogP contribution in [0.5, 0.6) is 0 Å². The Labute approximate surface area is 93.3 Å². The summed E-state index contributed by atoms with van der Waals surface area (Å²) >= 11 is 0. The van der Waals surface area contributed by atoms with E-state index in [0.717, 1.165) is 12.8 Å². The van der Waals surface area contributed by atoms with Gasteiger partial charge in [-0.2, -0.15) is 0 Å². The molecule has 0 heterocycles. The average Bonchev–Trinajstić information content (AvgIpc) is 2.30. The molecule has 1 unspecified atom stereocenters. The maximum absolute atomic E-state index is 3.91. The van der Waals surface area contributed by atoms with Crippen LogP contribution in [0.2, 0.25) is 0 Å². The van der Waals surface area contributed by atoms with E-state index in [-0.39, 0.29) is 0 Å². The van der Waals surface area contributed by atoms with Crippen molar-refractivity contribution in [3.8, 4) is 0 Å². The summed E-state index contributed by atoms with van der Waals surface area (Å²) < 4.78 is 0. The molecule has 1 aromatic rings. The van der Waals surface area contributed by atoms with Crippen LogP contribution in [-0.4, -0.2) is 0 Å². The summed E-state index contributed by atoms with van der Waals surface area (Å²) in [5.74, 6) is 0.503. The average molecular weight is 200 g/mol. The van der Waals surface area contributed by atoms with Crippen molar-refractivity contribution >= 4 is 0 Å². The van der Waals surface area contributed by atoms with Crippen LogP contribution < -0.4 is 0 Å². The number of benzene rings is 1. The molecule has 0 nitrogen and oxygen atoms in total. The Morgan fingerprint density at radius 2 is 1.93 bits per heavy atom. The zero-order chi connectivity index (χ0) is 11.1. The molecular weight excluding hydrogens is 180 g/mol. The Morgan fingerprint density at radius 1 is 1.27 bits per heavy atom. The minimum Gasteiger partial charge on any atom is -0.0988 e. The lowest BCUT2D eigenvalue weighted by atomic mass is 9.88. The first-order valence-corrected chi connectivity index (χ1v) is 5.70. The SMILES string of the molecule is C=C/C(=C\CC)C(CC)c1ccccc1. The molecule has 1 rings (SSSR count). The Bertz CT molecular complexity index is 319. The van der Waals surface area contributed by atoms with Crippen LogP contribution in [0.15, 0.2) is 54.6 Å². The van der Waals surface area contributed by atoms with Gasteiger partial charge in [-0.1, -0.05) is 62.9 Å². The number of hydrogen-bond donors (Lipinski definition) is 0. The Kier molecular flexibility index (Phi) is 4.89. The predicted molar refractivity (Wildman–Crippen MR) is 68.0 cm³/mol. The molecule has 0 N–H and O–H groups in total. The quantitative estimate of drug-likeness (QED) is 0.604. The Hall–Kier alpha value is -1.30. The highest BCUT2D eigenvalue weighted by molar-refractivity contribution is 5.33. The molecular formula is C15H20. The monoisotopic (exact) mass is 200 g/mol. The van der Waals surface area contributed by atoms with Crippen LogP contribution in [0.25, 0.3) is 0 Å². The van der Waals surface area contributed by atoms with Gasteiger partial charge >= 0.3 is 0 Å². The third-order valence-corrected chi connectivity index (χ3v) is 2.69. The first-order valence-electron chi connectivity index (χ1n) is 5.70. The number of rotatable bonds is 5. The smallest absolute Gasteiger partial charge is 0.00833 e. The van der Waals surface area contributed by atoms with E-state index in [1.165, 1.54) is 11.1 Å². The van der Waals surface area contributed by atoms with Crippen molar-refractivity contribution in [3.05, 3.63) is 60.2 Å². The van der Waals surface area contributed by atoms with Crippen molar-refractivity contribution in [2.45, 2.75) is 32.6 Å². The van der Waals surface area contributed by atoms with Gasteiger partial charge in [0.05, 0.1) is 0 Å². The summed E-state index contributed by atoms with van der Waals surface area (Å²) in [6, 6.07) is 10.7. The van der Waals surface area contributed by atoms with E-state index in [1.807, 2.05) is 6.08 Å². The molecule has 1 atom stereocenters. The highest BCUT2D eigenvalue weighted by Crippen LogP contribution is 2.28. The fourth-order valence-corrected chi connectivity index (χ4v) is 1.95. The zero-order valence-corrected chi connectivity index (χ0v) is 9.74. The van der Waals surface area contributed by atoms with Gasteiger partial charge in [0.2, 0.25) is 0 Å². The molecule has 0 aromatic heterocycles. The van der Waals surface area contributed by atoms with E-state index < -0.39 is 0 Å². The van der Waals surface area contributed by atoms with E-state index in [9.17, 15) is 0 Å². The predicted octanol–water partition coefficient (Wildman–Crippen LogP) is 4.70. The summed E-state index contributed by atoms with van der Waals surface area (Å²) in [7, 11) is 0. The van der Waals surface area contributed by atoms with Gasteiger partial charge in [-0.15, -0.1) is 0 Å². The highest BCUT2D eigenvalue weighted by atomic mass is 14.1. The van der Waals surface area contributed by atoms with E-state index in [1.54, 1.807) is 0 Å². The van der Waals surface area contributed by atoms with Crippen LogP contribution in [0, 0.1) is 0 Å². The van der Waals surface area contributed by atoms with Crippen LogP contribution in [0.3, 0.4) is 0 Å². The molecule has 0 spiro atoms. The van der Waals surface area contributed by atoms with Crippen LogP contribution in [0.4, 0.5) is 0 Å². The molecule has 0 bridgehead atoms. The van der Waals surface area contributed by atoms with Crippen LogP contribution in [0.1, 0.15) is 38.2 Å². The fourth-order valence-electron chi connectivity index (χ4n) is 1.95. The van der Waals surface area contributed by atoms with Gasteiger partial charge in [0.25, 0.3) is 0 Å². The van der Waals surface area contributed by atoms with Crippen LogP contribution >= 0.6 is 0 Å². The molecule has 1 aromatic carbocycles. The first kappa shape index (κ1) is 11.8. The molecule has 0 aliphatic carbocycles. The highest BCUT2D eigenvalue weighted by Gasteiger charge is 2.11. The van der Waals surface area contributed by atoms with Gasteiger partial charge in [0, 0.05) is 5.92 Å². The fraction of sp³-hybridized carbons (Fsp3) is 0.333. The number of hydrogen-bond acceptors (Lipinski definition) is 0. The van der Waals surface area contributed by atoms with Crippen molar-refractivity contribution in [1.29, 1.82) is 0 Å². The van der Waals surface area contributed by atoms with Gasteiger partial charge in [-0.25, -0.2) is 0 Å². The van der Waals surface area contributed by atoms with E-state index in [2.05, 4.69) is 56.8 Å². The maximum atomic E-state index is 3.91. The topological polar surface area (TPSA) is 0 Å². The van der Waals surface area contributed by atoms with Crippen molar-refractivity contribution < 1.29 is 0 Å². The molecule has 80 valence electrons. The lowest BCUT2D eigenvalue weighted by Gasteiger charge is -2.16. The summed E-state index contributed by atoms with van der Waals surface area (Å²) in [5, 5.41) is 0. The van der Waals surface area contributed by atoms with Gasteiger partial charge in [-0.3, -0.25) is 0 Å². The first-order chi connectivity index (χ1) is 7.33. The van der Waals surface area contributed by atoms with Gasteiger partial charge in [0.15, 0.2) is 0 Å². The summed E-state index contributed by atoms with van der Waals surface area (Å²) in [4.78, 5) is 0. The Balaban J connectivity index is 2.98. The van der Waals surface area contributed by atoms with Crippen molar-refractivity contribution in [2.75, 3.05) is 0 Å². The van der Waals surface area contributed by atoms with E-state index >= 15 is 0 Å². The largest absolute Gasteiger partial charge is 0.0988 e.